The zero-order valence-electron chi connectivity index (χ0n) is 13.0. The van der Waals surface area contributed by atoms with E-state index in [4.69, 9.17) is 4.42 Å². The molecule has 27 heavy (non-hydrogen) atoms. The van der Waals surface area contributed by atoms with Gasteiger partial charge in [0.05, 0.1) is 6.20 Å². The van der Waals surface area contributed by atoms with Crippen LogP contribution >= 0.6 is 15.9 Å². The summed E-state index contributed by atoms with van der Waals surface area (Å²) in [5, 5.41) is 10.9. The van der Waals surface area contributed by atoms with Crippen LogP contribution in [0.25, 0.3) is 0 Å². The van der Waals surface area contributed by atoms with E-state index in [2.05, 4.69) is 25.9 Å². The first-order chi connectivity index (χ1) is 12.2. The monoisotopic (exact) mass is 446 g/mol. The van der Waals surface area contributed by atoms with Gasteiger partial charge in [-0.25, -0.2) is 13.8 Å². The van der Waals surface area contributed by atoms with E-state index in [1.54, 1.807) is 0 Å². The van der Waals surface area contributed by atoms with E-state index >= 15 is 8.78 Å². The Labute approximate surface area is 161 Å². The largest absolute Gasteiger partial charge is 0.448 e. The Morgan fingerprint density at radius 2 is 1.85 bits per heavy atom. The van der Waals surface area contributed by atoms with Gasteiger partial charge in [0.25, 0.3) is 0 Å². The van der Waals surface area contributed by atoms with Gasteiger partial charge in [0.1, 0.15) is 23.1 Å². The second-order valence-electron chi connectivity index (χ2n) is 5.57. The first kappa shape index (κ1) is 21.0. The van der Waals surface area contributed by atoms with Crippen LogP contribution in [0.3, 0.4) is 0 Å². The van der Waals surface area contributed by atoms with Gasteiger partial charge in [-0.15, -0.1) is 0 Å². The van der Waals surface area contributed by atoms with Crippen molar-refractivity contribution in [1.82, 2.24) is 9.97 Å². The van der Waals surface area contributed by atoms with Crippen LogP contribution in [-0.2, 0) is 17.9 Å². The van der Waals surface area contributed by atoms with Gasteiger partial charge in [-0.2, -0.15) is 8.78 Å². The van der Waals surface area contributed by atoms with Crippen molar-refractivity contribution in [2.45, 2.75) is 25.4 Å². The normalized spacial score (nSPS) is 13.7. The fraction of sp³-hybridized carbons (Fsp3) is 0.222. The van der Waals surface area contributed by atoms with Crippen molar-refractivity contribution in [1.29, 1.82) is 0 Å². The Morgan fingerprint density at radius 3 is 2.41 bits per heavy atom. The first-order valence-electron chi connectivity index (χ1n) is 7.29. The van der Waals surface area contributed by atoms with Gasteiger partial charge in [0.2, 0.25) is 0 Å². The van der Waals surface area contributed by atoms with E-state index < -0.39 is 40.8 Å². The number of pyridine rings is 1. The summed E-state index contributed by atoms with van der Waals surface area (Å²) in [7, 11) is 0. The average molecular weight is 447 g/mol. The summed E-state index contributed by atoms with van der Waals surface area (Å²) in [6, 6.07) is 4.29. The molecule has 1 N–H and O–H groups in total. The van der Waals surface area contributed by atoms with Crippen molar-refractivity contribution >= 4 is 15.9 Å². The third-order valence-electron chi connectivity index (χ3n) is 3.86. The van der Waals surface area contributed by atoms with Crippen molar-refractivity contribution < 1.29 is 27.1 Å². The number of hydrogen-bond acceptors (Lipinski definition) is 4. The van der Waals surface area contributed by atoms with Crippen molar-refractivity contribution in [2.24, 2.45) is 0 Å². The van der Waals surface area contributed by atoms with Gasteiger partial charge < -0.3 is 9.52 Å². The van der Waals surface area contributed by atoms with E-state index in [0.29, 0.717) is 10.5 Å². The molecule has 1 aromatic carbocycles. The Bertz CT molecular complexity index is 904. The Kier molecular flexibility index (Phi) is 6.06. The van der Waals surface area contributed by atoms with Crippen LogP contribution in [0.1, 0.15) is 24.4 Å². The fourth-order valence-electron chi connectivity index (χ4n) is 2.56. The average Bonchev–Trinajstić information content (AvgIpc) is 3.07. The molecule has 3 rings (SSSR count). The summed E-state index contributed by atoms with van der Waals surface area (Å²) < 4.78 is 63.4. The van der Waals surface area contributed by atoms with Crippen LogP contribution in [-0.4, -0.2) is 15.1 Å². The van der Waals surface area contributed by atoms with E-state index in [0.717, 1.165) is 37.0 Å². The molecule has 0 radical (unpaired) electrons. The van der Waals surface area contributed by atoms with Gasteiger partial charge in [0, 0.05) is 28.7 Å². The molecule has 9 heteroatoms. The lowest BCUT2D eigenvalue weighted by molar-refractivity contribution is -0.200. The maximum Gasteiger partial charge on any atom is 0.322 e. The van der Waals surface area contributed by atoms with Gasteiger partial charge in [-0.1, -0.05) is 13.5 Å². The van der Waals surface area contributed by atoms with Crippen molar-refractivity contribution in [2.75, 3.05) is 0 Å². The minimum atomic E-state index is -4.03. The van der Waals surface area contributed by atoms with E-state index in [9.17, 15) is 13.9 Å². The molecule has 4 nitrogen and oxygen atoms in total. The second-order valence-corrected chi connectivity index (χ2v) is 6.48. The molecule has 144 valence electrons. The molecule has 0 bridgehead atoms. The molecule has 1 unspecified atom stereocenters. The maximum absolute atomic E-state index is 15.2. The van der Waals surface area contributed by atoms with Crippen LogP contribution in [0, 0.1) is 11.6 Å². The van der Waals surface area contributed by atoms with Crippen LogP contribution < -0.4 is 0 Å². The topological polar surface area (TPSA) is 59.2 Å². The van der Waals surface area contributed by atoms with Gasteiger partial charge >= 0.3 is 5.92 Å². The first-order valence-corrected chi connectivity index (χ1v) is 8.08. The molecule has 0 aliphatic rings. The Hall–Kier alpha value is -2.26. The molecule has 1 atom stereocenters. The smallest absolute Gasteiger partial charge is 0.322 e. The third-order valence-corrected chi connectivity index (χ3v) is 4.33. The lowest BCUT2D eigenvalue weighted by Crippen LogP contribution is -2.46. The molecule has 0 aliphatic heterocycles. The number of oxazole rings is 1. The van der Waals surface area contributed by atoms with E-state index in [1.807, 2.05) is 0 Å². The zero-order chi connectivity index (χ0) is 18.9. The van der Waals surface area contributed by atoms with Crippen molar-refractivity contribution in [3.63, 3.8) is 0 Å². The number of rotatable bonds is 5. The predicted molar refractivity (Wildman–Crippen MR) is 93.0 cm³/mol. The third kappa shape index (κ3) is 3.89. The Balaban J connectivity index is 0.00000261. The fourth-order valence-corrected chi connectivity index (χ4v) is 2.79. The van der Waals surface area contributed by atoms with Crippen molar-refractivity contribution in [3.8, 4) is 0 Å². The van der Waals surface area contributed by atoms with Crippen LogP contribution in [0.4, 0.5) is 17.6 Å². The Morgan fingerprint density at radius 1 is 1.11 bits per heavy atom. The van der Waals surface area contributed by atoms with Gasteiger partial charge in [-0.3, -0.25) is 4.98 Å². The number of halogens is 5. The van der Waals surface area contributed by atoms with Crippen LogP contribution in [0.15, 0.2) is 58.0 Å². The summed E-state index contributed by atoms with van der Waals surface area (Å²) in [6.07, 6.45) is 2.43. The van der Waals surface area contributed by atoms with E-state index in [-0.39, 0.29) is 13.2 Å². The number of aromatic nitrogens is 2. The zero-order valence-corrected chi connectivity index (χ0v) is 14.6. The van der Waals surface area contributed by atoms with Crippen LogP contribution in [0.5, 0.6) is 0 Å². The molecule has 0 saturated heterocycles. The summed E-state index contributed by atoms with van der Waals surface area (Å²) in [4.78, 5) is 7.22. The summed E-state index contributed by atoms with van der Waals surface area (Å²) in [5.41, 5.74) is -4.66. The van der Waals surface area contributed by atoms with Gasteiger partial charge in [0.15, 0.2) is 12.0 Å². The predicted octanol–water partition coefficient (Wildman–Crippen LogP) is 4.97. The highest BCUT2D eigenvalue weighted by Crippen LogP contribution is 2.47. The summed E-state index contributed by atoms with van der Waals surface area (Å²) in [5.74, 6) is -6.41. The minimum Gasteiger partial charge on any atom is -0.448 e. The second kappa shape index (κ2) is 7.77. The highest BCUT2D eigenvalue weighted by molar-refractivity contribution is 9.10. The molecule has 0 aliphatic carbocycles. The van der Waals surface area contributed by atoms with Gasteiger partial charge in [-0.05, 0) is 34.1 Å². The molecule has 2 heterocycles. The standard InChI is InChI=1S/C17H11BrF4N2O2.CH4/c18-10-1-4-15(24-7-10)17(21,22)16(25,6-12-8-23-9-26-12)13-3-2-11(19)5-14(13)20;/h1-5,7-9,25H,6H2;1H4. The quantitative estimate of drug-likeness (QED) is 0.562. The number of aliphatic hydroxyl groups is 1. The molecule has 0 fully saturated rings. The molecule has 0 saturated carbocycles. The lowest BCUT2D eigenvalue weighted by atomic mass is 9.81. The number of hydrogen-bond donors (Lipinski definition) is 1. The number of benzene rings is 1. The summed E-state index contributed by atoms with van der Waals surface area (Å²) in [6.45, 7) is 0. The SMILES string of the molecule is C.OC(Cc1cnco1)(c1ccc(F)cc1F)C(F)(F)c1ccc(Br)cn1. The lowest BCUT2D eigenvalue weighted by Gasteiger charge is -2.35. The highest BCUT2D eigenvalue weighted by atomic mass is 79.9. The van der Waals surface area contributed by atoms with Crippen LogP contribution in [0.2, 0.25) is 0 Å². The number of nitrogens with zero attached hydrogens (tertiary/aromatic N) is 2. The van der Waals surface area contributed by atoms with E-state index in [1.165, 1.54) is 6.07 Å². The maximum atomic E-state index is 15.2. The molecular weight excluding hydrogens is 432 g/mol. The number of alkyl halides is 2. The minimum absolute atomic E-state index is 0. The highest BCUT2D eigenvalue weighted by Gasteiger charge is 2.57. The molecule has 2 aromatic heterocycles. The van der Waals surface area contributed by atoms with Crippen molar-refractivity contribution in [3.05, 3.63) is 82.2 Å². The summed E-state index contributed by atoms with van der Waals surface area (Å²) >= 11 is 3.08. The molecule has 0 spiro atoms. The molecule has 3 aromatic rings. The molecule has 0 amide bonds. The molecular formula is C18H15BrF4N2O2.